The summed E-state index contributed by atoms with van der Waals surface area (Å²) in [5, 5.41) is 12.5. The van der Waals surface area contributed by atoms with Gasteiger partial charge < -0.3 is 10.4 Å². The Balaban J connectivity index is 2.30. The zero-order valence-electron chi connectivity index (χ0n) is 9.23. The lowest BCUT2D eigenvalue weighted by Gasteiger charge is -2.12. The SMILES string of the molecule is O=C(O)c1csc(Nc2ccccc2C(F)(F)F)n1. The van der Waals surface area contributed by atoms with Crippen LogP contribution in [0.3, 0.4) is 0 Å². The Hall–Kier alpha value is -2.09. The van der Waals surface area contributed by atoms with Gasteiger partial charge in [0.05, 0.1) is 11.3 Å². The van der Waals surface area contributed by atoms with E-state index < -0.39 is 17.7 Å². The van der Waals surface area contributed by atoms with E-state index in [9.17, 15) is 18.0 Å². The van der Waals surface area contributed by atoms with Crippen LogP contribution in [-0.4, -0.2) is 16.1 Å². The molecule has 0 saturated heterocycles. The third kappa shape index (κ3) is 3.02. The molecule has 2 aromatic rings. The molecule has 2 N–H and O–H groups in total. The van der Waals surface area contributed by atoms with Crippen molar-refractivity contribution in [2.75, 3.05) is 5.32 Å². The first kappa shape index (κ1) is 13.3. The van der Waals surface area contributed by atoms with E-state index in [0.29, 0.717) is 0 Å². The average Bonchev–Trinajstić information content (AvgIpc) is 2.77. The van der Waals surface area contributed by atoms with Gasteiger partial charge in [0.2, 0.25) is 0 Å². The van der Waals surface area contributed by atoms with Crippen LogP contribution in [0.5, 0.6) is 0 Å². The zero-order valence-corrected chi connectivity index (χ0v) is 10.0. The fourth-order valence-electron chi connectivity index (χ4n) is 1.38. The minimum atomic E-state index is -4.49. The number of thiazole rings is 1. The van der Waals surface area contributed by atoms with Gasteiger partial charge in [-0.15, -0.1) is 11.3 Å². The van der Waals surface area contributed by atoms with E-state index in [1.54, 1.807) is 0 Å². The van der Waals surface area contributed by atoms with Crippen LogP contribution >= 0.6 is 11.3 Å². The number of carboxylic acid groups (broad SMARTS) is 1. The maximum atomic E-state index is 12.7. The highest BCUT2D eigenvalue weighted by molar-refractivity contribution is 7.14. The number of nitrogens with zero attached hydrogens (tertiary/aromatic N) is 1. The van der Waals surface area contributed by atoms with E-state index in [1.807, 2.05) is 0 Å². The van der Waals surface area contributed by atoms with E-state index in [0.717, 1.165) is 17.4 Å². The van der Waals surface area contributed by atoms with Gasteiger partial charge in [-0.1, -0.05) is 12.1 Å². The van der Waals surface area contributed by atoms with Crippen molar-refractivity contribution in [2.24, 2.45) is 0 Å². The smallest absolute Gasteiger partial charge is 0.418 e. The first-order chi connectivity index (χ1) is 8.88. The molecule has 0 aliphatic carbocycles. The van der Waals surface area contributed by atoms with Crippen molar-refractivity contribution in [1.82, 2.24) is 4.98 Å². The molecule has 0 unspecified atom stereocenters. The molecule has 0 spiro atoms. The summed E-state index contributed by atoms with van der Waals surface area (Å²) in [4.78, 5) is 14.3. The first-order valence-corrected chi connectivity index (χ1v) is 5.88. The summed E-state index contributed by atoms with van der Waals surface area (Å²) < 4.78 is 38.2. The Morgan fingerprint density at radius 3 is 2.58 bits per heavy atom. The van der Waals surface area contributed by atoms with Crippen LogP contribution in [0.25, 0.3) is 0 Å². The van der Waals surface area contributed by atoms with Gasteiger partial charge in [-0.25, -0.2) is 9.78 Å². The fraction of sp³-hybridized carbons (Fsp3) is 0.0909. The summed E-state index contributed by atoms with van der Waals surface area (Å²) in [6.07, 6.45) is -4.49. The van der Waals surface area contributed by atoms with Crippen molar-refractivity contribution in [3.8, 4) is 0 Å². The summed E-state index contributed by atoms with van der Waals surface area (Å²) in [5.41, 5.74) is -1.21. The van der Waals surface area contributed by atoms with Gasteiger partial charge >= 0.3 is 12.1 Å². The normalized spacial score (nSPS) is 11.3. The highest BCUT2D eigenvalue weighted by atomic mass is 32.1. The maximum Gasteiger partial charge on any atom is 0.418 e. The molecule has 1 aromatic carbocycles. The lowest BCUT2D eigenvalue weighted by atomic mass is 10.2. The van der Waals surface area contributed by atoms with Crippen molar-refractivity contribution in [3.63, 3.8) is 0 Å². The molecule has 0 amide bonds. The lowest BCUT2D eigenvalue weighted by molar-refractivity contribution is -0.136. The number of aromatic nitrogens is 1. The molecule has 0 atom stereocenters. The maximum absolute atomic E-state index is 12.7. The number of rotatable bonds is 3. The molecule has 1 aromatic heterocycles. The first-order valence-electron chi connectivity index (χ1n) is 5.00. The molecule has 2 rings (SSSR count). The predicted octanol–water partition coefficient (Wildman–Crippen LogP) is 3.60. The van der Waals surface area contributed by atoms with Crippen LogP contribution in [-0.2, 0) is 6.18 Å². The quantitative estimate of drug-likeness (QED) is 0.905. The third-order valence-corrected chi connectivity index (χ3v) is 2.96. The Bertz CT molecular complexity index is 610. The molecule has 8 heteroatoms. The van der Waals surface area contributed by atoms with Gasteiger partial charge in [0.1, 0.15) is 0 Å². The molecule has 0 fully saturated rings. The number of halogens is 3. The summed E-state index contributed by atoms with van der Waals surface area (Å²) in [5.74, 6) is -1.23. The minimum Gasteiger partial charge on any atom is -0.476 e. The van der Waals surface area contributed by atoms with Crippen molar-refractivity contribution < 1.29 is 23.1 Å². The Morgan fingerprint density at radius 1 is 1.32 bits per heavy atom. The van der Waals surface area contributed by atoms with E-state index in [1.165, 1.54) is 23.6 Å². The van der Waals surface area contributed by atoms with Gasteiger partial charge in [-0.05, 0) is 12.1 Å². The minimum absolute atomic E-state index is 0.0918. The molecule has 100 valence electrons. The van der Waals surface area contributed by atoms with E-state index in [-0.39, 0.29) is 16.5 Å². The van der Waals surface area contributed by atoms with Gasteiger partial charge in [-0.3, -0.25) is 0 Å². The van der Waals surface area contributed by atoms with E-state index in [4.69, 9.17) is 5.11 Å². The molecule has 0 aliphatic rings. The molecule has 19 heavy (non-hydrogen) atoms. The van der Waals surface area contributed by atoms with Crippen molar-refractivity contribution in [3.05, 3.63) is 40.9 Å². The molecule has 0 radical (unpaired) electrons. The molecule has 0 bridgehead atoms. The van der Waals surface area contributed by atoms with Crippen LogP contribution < -0.4 is 5.32 Å². The molecule has 0 aliphatic heterocycles. The second kappa shape index (κ2) is 4.88. The van der Waals surface area contributed by atoms with Crippen LogP contribution in [0.4, 0.5) is 24.0 Å². The number of aromatic carboxylic acids is 1. The number of hydrogen-bond donors (Lipinski definition) is 2. The summed E-state index contributed by atoms with van der Waals surface area (Å²) in [6, 6.07) is 4.92. The highest BCUT2D eigenvalue weighted by Gasteiger charge is 2.33. The van der Waals surface area contributed by atoms with Crippen LogP contribution in [0.15, 0.2) is 29.6 Å². The fourth-order valence-corrected chi connectivity index (χ4v) is 2.08. The zero-order chi connectivity index (χ0) is 14.0. The largest absolute Gasteiger partial charge is 0.476 e. The highest BCUT2D eigenvalue weighted by Crippen LogP contribution is 2.36. The molecule has 0 saturated carbocycles. The number of carboxylic acids is 1. The Kier molecular flexibility index (Phi) is 3.43. The second-order valence-electron chi connectivity index (χ2n) is 3.51. The standard InChI is InChI=1S/C11H7F3N2O2S/c12-11(13,14)6-3-1-2-4-7(6)15-10-16-8(5-19-10)9(17)18/h1-5H,(H,15,16)(H,17,18). The van der Waals surface area contributed by atoms with Crippen LogP contribution in [0, 0.1) is 0 Å². The van der Waals surface area contributed by atoms with Crippen molar-refractivity contribution in [1.29, 1.82) is 0 Å². The third-order valence-electron chi connectivity index (χ3n) is 2.20. The number of hydrogen-bond acceptors (Lipinski definition) is 4. The van der Waals surface area contributed by atoms with Gasteiger partial charge in [0.15, 0.2) is 10.8 Å². The second-order valence-corrected chi connectivity index (χ2v) is 4.37. The van der Waals surface area contributed by atoms with Gasteiger partial charge in [0, 0.05) is 5.38 Å². The number of nitrogens with one attached hydrogen (secondary N) is 1. The molecular formula is C11H7F3N2O2S. The van der Waals surface area contributed by atoms with Gasteiger partial charge in [0.25, 0.3) is 0 Å². The number of alkyl halides is 3. The van der Waals surface area contributed by atoms with Crippen molar-refractivity contribution in [2.45, 2.75) is 6.18 Å². The monoisotopic (exact) mass is 288 g/mol. The number of anilines is 2. The molecule has 1 heterocycles. The Morgan fingerprint density at radius 2 is 2.00 bits per heavy atom. The van der Waals surface area contributed by atoms with E-state index in [2.05, 4.69) is 10.3 Å². The van der Waals surface area contributed by atoms with Gasteiger partial charge in [-0.2, -0.15) is 13.2 Å². The summed E-state index contributed by atoms with van der Waals surface area (Å²) in [6.45, 7) is 0. The average molecular weight is 288 g/mol. The summed E-state index contributed by atoms with van der Waals surface area (Å²) >= 11 is 0.922. The Labute approximate surface area is 109 Å². The lowest BCUT2D eigenvalue weighted by Crippen LogP contribution is -2.08. The molecular weight excluding hydrogens is 281 g/mol. The molecule has 4 nitrogen and oxygen atoms in total. The predicted molar refractivity (Wildman–Crippen MR) is 63.8 cm³/mol. The van der Waals surface area contributed by atoms with Crippen LogP contribution in [0.2, 0.25) is 0 Å². The number of para-hydroxylation sites is 1. The van der Waals surface area contributed by atoms with Crippen molar-refractivity contribution >= 4 is 28.1 Å². The van der Waals surface area contributed by atoms with Crippen LogP contribution in [0.1, 0.15) is 16.1 Å². The van der Waals surface area contributed by atoms with E-state index >= 15 is 0 Å². The topological polar surface area (TPSA) is 62.2 Å². The number of benzene rings is 1. The summed E-state index contributed by atoms with van der Waals surface area (Å²) in [7, 11) is 0. The number of carbonyl (C=O) groups is 1.